The zero-order chi connectivity index (χ0) is 22.9. The number of rotatable bonds is 5. The van der Waals surface area contributed by atoms with Crippen LogP contribution in [0.25, 0.3) is 16.7 Å². The lowest BCUT2D eigenvalue weighted by molar-refractivity contribution is -0.139. The summed E-state index contributed by atoms with van der Waals surface area (Å²) in [5, 5.41) is 12.0. The van der Waals surface area contributed by atoms with Crippen molar-refractivity contribution in [1.29, 1.82) is 0 Å². The Kier molecular flexibility index (Phi) is 5.26. The third-order valence-electron chi connectivity index (χ3n) is 6.05. The normalized spacial score (nSPS) is 17.7. The van der Waals surface area contributed by atoms with E-state index in [4.69, 9.17) is 0 Å². The average molecular weight is 440 g/mol. The number of aromatic nitrogens is 1. The van der Waals surface area contributed by atoms with Gasteiger partial charge in [0.05, 0.1) is 11.6 Å². The molecule has 5 nitrogen and oxygen atoms in total. The minimum atomic E-state index is -0.883. The molecule has 0 spiro atoms. The fraction of sp³-hybridized carbons (Fsp3) is 0.111. The van der Waals surface area contributed by atoms with Crippen LogP contribution < -0.4 is 0 Å². The molecule has 0 saturated carbocycles. The standard InChI is InChI=1S/C27H21FN2O3/c28-20-10-6-9-18(15-20)24-23(25(31)17-7-2-1-3-8-17)26(32)27(33)30(24)14-13-19-16-29-22-12-5-4-11-21(19)22/h1-12,15-16,24,29,31H,13-14H2/t24-/m0/s1. The van der Waals surface area contributed by atoms with Gasteiger partial charge >= 0.3 is 0 Å². The molecule has 1 fully saturated rings. The van der Waals surface area contributed by atoms with Gasteiger partial charge in [0.25, 0.3) is 11.7 Å². The number of ketones is 1. The SMILES string of the molecule is O=C1C(=O)N(CCc2c[nH]c3ccccc23)[C@@H](c2cccc(F)c2)C1=C(O)c1ccccc1. The molecule has 164 valence electrons. The van der Waals surface area contributed by atoms with Crippen LogP contribution in [0.4, 0.5) is 4.39 Å². The number of carbonyl (C=O) groups excluding carboxylic acids is 2. The van der Waals surface area contributed by atoms with Crippen molar-refractivity contribution in [3.05, 3.63) is 113 Å². The highest BCUT2D eigenvalue weighted by atomic mass is 19.1. The van der Waals surface area contributed by atoms with Gasteiger partial charge in [-0.25, -0.2) is 4.39 Å². The Bertz CT molecular complexity index is 1390. The van der Waals surface area contributed by atoms with Crippen LogP contribution in [0.3, 0.4) is 0 Å². The predicted octanol–water partition coefficient (Wildman–Crippen LogP) is 4.97. The third kappa shape index (κ3) is 3.69. The van der Waals surface area contributed by atoms with E-state index in [1.54, 1.807) is 36.4 Å². The number of likely N-dealkylation sites (tertiary alicyclic amines) is 1. The fourth-order valence-corrected chi connectivity index (χ4v) is 4.46. The number of carbonyl (C=O) groups is 2. The Morgan fingerprint density at radius 2 is 1.73 bits per heavy atom. The Labute approximate surface area is 189 Å². The van der Waals surface area contributed by atoms with Gasteiger partial charge in [0.2, 0.25) is 0 Å². The number of aliphatic hydroxyl groups excluding tert-OH is 1. The Balaban J connectivity index is 1.57. The van der Waals surface area contributed by atoms with E-state index >= 15 is 0 Å². The molecule has 0 bridgehead atoms. The molecule has 6 heteroatoms. The topological polar surface area (TPSA) is 73.4 Å². The first-order valence-corrected chi connectivity index (χ1v) is 10.7. The first kappa shape index (κ1) is 20.7. The van der Waals surface area contributed by atoms with Gasteiger partial charge in [0.1, 0.15) is 11.6 Å². The number of aliphatic hydroxyl groups is 1. The van der Waals surface area contributed by atoms with Gasteiger partial charge < -0.3 is 15.0 Å². The van der Waals surface area contributed by atoms with E-state index < -0.39 is 23.5 Å². The number of benzene rings is 3. The molecule has 1 amide bonds. The quantitative estimate of drug-likeness (QED) is 0.261. The summed E-state index contributed by atoms with van der Waals surface area (Å²) in [6, 6.07) is 21.4. The van der Waals surface area contributed by atoms with Gasteiger partial charge in [-0.1, -0.05) is 60.7 Å². The van der Waals surface area contributed by atoms with Gasteiger partial charge in [0.15, 0.2) is 0 Å². The fourth-order valence-electron chi connectivity index (χ4n) is 4.46. The number of fused-ring (bicyclic) bond motifs is 1. The maximum Gasteiger partial charge on any atom is 0.295 e. The van der Waals surface area contributed by atoms with Gasteiger partial charge in [-0.3, -0.25) is 9.59 Å². The number of hydrogen-bond donors (Lipinski definition) is 2. The lowest BCUT2D eigenvalue weighted by Crippen LogP contribution is -2.31. The summed E-state index contributed by atoms with van der Waals surface area (Å²) in [7, 11) is 0. The molecule has 1 saturated heterocycles. The van der Waals surface area contributed by atoms with E-state index in [0.29, 0.717) is 17.5 Å². The van der Waals surface area contributed by atoms with E-state index in [1.807, 2.05) is 30.5 Å². The molecule has 1 aromatic heterocycles. The van der Waals surface area contributed by atoms with Gasteiger partial charge in [-0.2, -0.15) is 0 Å². The molecule has 4 aromatic rings. The first-order valence-electron chi connectivity index (χ1n) is 10.7. The van der Waals surface area contributed by atoms with E-state index in [9.17, 15) is 19.1 Å². The number of nitrogens with zero attached hydrogens (tertiary/aromatic N) is 1. The lowest BCUT2D eigenvalue weighted by Gasteiger charge is -2.25. The smallest absolute Gasteiger partial charge is 0.295 e. The molecular weight excluding hydrogens is 419 g/mol. The molecule has 33 heavy (non-hydrogen) atoms. The Hall–Kier alpha value is -4.19. The van der Waals surface area contributed by atoms with Crippen molar-refractivity contribution in [2.75, 3.05) is 6.54 Å². The number of Topliss-reactive ketones (excluding diaryl/α,β-unsaturated/α-hetero) is 1. The Morgan fingerprint density at radius 1 is 0.970 bits per heavy atom. The number of amides is 1. The average Bonchev–Trinajstić information content (AvgIpc) is 3.36. The van der Waals surface area contributed by atoms with Gasteiger partial charge in [-0.05, 0) is 35.7 Å². The number of para-hydroxylation sites is 1. The second-order valence-corrected chi connectivity index (χ2v) is 8.02. The van der Waals surface area contributed by atoms with Crippen molar-refractivity contribution in [3.8, 4) is 0 Å². The molecular formula is C27H21FN2O3. The number of halogens is 1. The second-order valence-electron chi connectivity index (χ2n) is 8.02. The molecule has 1 aliphatic rings. The van der Waals surface area contributed by atoms with Crippen molar-refractivity contribution in [2.24, 2.45) is 0 Å². The highest BCUT2D eigenvalue weighted by Gasteiger charge is 2.46. The maximum absolute atomic E-state index is 14.1. The molecule has 0 aliphatic carbocycles. The van der Waals surface area contributed by atoms with Crippen LogP contribution in [-0.4, -0.2) is 33.2 Å². The largest absolute Gasteiger partial charge is 0.507 e. The van der Waals surface area contributed by atoms with E-state index in [2.05, 4.69) is 4.98 Å². The summed E-state index contributed by atoms with van der Waals surface area (Å²) < 4.78 is 14.1. The van der Waals surface area contributed by atoms with Crippen LogP contribution >= 0.6 is 0 Å². The lowest BCUT2D eigenvalue weighted by atomic mass is 9.95. The number of hydrogen-bond acceptors (Lipinski definition) is 3. The predicted molar refractivity (Wildman–Crippen MR) is 124 cm³/mol. The van der Waals surface area contributed by atoms with Crippen LogP contribution in [0.1, 0.15) is 22.7 Å². The third-order valence-corrected chi connectivity index (χ3v) is 6.05. The number of aromatic amines is 1. The molecule has 0 radical (unpaired) electrons. The summed E-state index contributed by atoms with van der Waals surface area (Å²) >= 11 is 0. The zero-order valence-electron chi connectivity index (χ0n) is 17.7. The summed E-state index contributed by atoms with van der Waals surface area (Å²) in [4.78, 5) is 30.8. The number of H-pyrrole nitrogens is 1. The van der Waals surface area contributed by atoms with E-state index in [-0.39, 0.29) is 17.9 Å². The van der Waals surface area contributed by atoms with Crippen LogP contribution in [0.2, 0.25) is 0 Å². The molecule has 1 atom stereocenters. The van der Waals surface area contributed by atoms with Crippen molar-refractivity contribution in [1.82, 2.24) is 9.88 Å². The van der Waals surface area contributed by atoms with Crippen molar-refractivity contribution in [3.63, 3.8) is 0 Å². The van der Waals surface area contributed by atoms with Crippen LogP contribution in [-0.2, 0) is 16.0 Å². The van der Waals surface area contributed by atoms with Crippen molar-refractivity contribution >= 4 is 28.4 Å². The maximum atomic E-state index is 14.1. The van der Waals surface area contributed by atoms with Gasteiger partial charge in [-0.15, -0.1) is 0 Å². The van der Waals surface area contributed by atoms with E-state index in [0.717, 1.165) is 16.5 Å². The van der Waals surface area contributed by atoms with Crippen LogP contribution in [0, 0.1) is 5.82 Å². The molecule has 2 N–H and O–H groups in total. The Morgan fingerprint density at radius 3 is 2.52 bits per heavy atom. The summed E-state index contributed by atoms with van der Waals surface area (Å²) in [5.41, 5.74) is 2.82. The van der Waals surface area contributed by atoms with Crippen molar-refractivity contribution in [2.45, 2.75) is 12.5 Å². The highest BCUT2D eigenvalue weighted by molar-refractivity contribution is 6.46. The molecule has 1 aliphatic heterocycles. The summed E-state index contributed by atoms with van der Waals surface area (Å²) in [6.07, 6.45) is 2.39. The van der Waals surface area contributed by atoms with Gasteiger partial charge in [0, 0.05) is 29.2 Å². The number of nitrogens with one attached hydrogen (secondary N) is 1. The minimum absolute atomic E-state index is 0.0317. The second kappa shape index (κ2) is 8.39. The molecule has 0 unspecified atom stereocenters. The summed E-state index contributed by atoms with van der Waals surface area (Å²) in [6.45, 7) is 0.235. The molecule has 5 rings (SSSR count). The van der Waals surface area contributed by atoms with Crippen molar-refractivity contribution < 1.29 is 19.1 Å². The molecule has 2 heterocycles. The molecule has 3 aromatic carbocycles. The van der Waals surface area contributed by atoms with Crippen LogP contribution in [0.5, 0.6) is 0 Å². The monoisotopic (exact) mass is 440 g/mol. The van der Waals surface area contributed by atoms with E-state index in [1.165, 1.54) is 23.1 Å². The summed E-state index contributed by atoms with van der Waals surface area (Å²) in [5.74, 6) is -2.22. The highest BCUT2D eigenvalue weighted by Crippen LogP contribution is 2.39. The minimum Gasteiger partial charge on any atom is -0.507 e. The zero-order valence-corrected chi connectivity index (χ0v) is 17.7. The van der Waals surface area contributed by atoms with Crippen LogP contribution in [0.15, 0.2) is 90.6 Å². The first-order chi connectivity index (χ1) is 16.0.